The van der Waals surface area contributed by atoms with Crippen LogP contribution >= 0.6 is 0 Å². The van der Waals surface area contributed by atoms with E-state index in [0.717, 1.165) is 17.9 Å². The zero-order valence-corrected chi connectivity index (χ0v) is 16.9. The van der Waals surface area contributed by atoms with Gasteiger partial charge in [-0.05, 0) is 45.0 Å². The molecule has 2 heterocycles. The third-order valence-corrected chi connectivity index (χ3v) is 4.54. The average molecular weight is 421 g/mol. The van der Waals surface area contributed by atoms with E-state index >= 15 is 0 Å². The molecule has 10 heteroatoms. The van der Waals surface area contributed by atoms with E-state index in [1.807, 2.05) is 25.3 Å². The van der Waals surface area contributed by atoms with Gasteiger partial charge in [0.05, 0.1) is 12.7 Å². The number of benzene rings is 1. The topological polar surface area (TPSA) is 88.6 Å². The lowest BCUT2D eigenvalue weighted by atomic mass is 10.2. The molecule has 0 saturated heterocycles. The van der Waals surface area contributed by atoms with Gasteiger partial charge in [0.2, 0.25) is 5.82 Å². The van der Waals surface area contributed by atoms with Crippen molar-refractivity contribution in [3.63, 3.8) is 0 Å². The lowest BCUT2D eigenvalue weighted by molar-refractivity contribution is -0.0512. The summed E-state index contributed by atoms with van der Waals surface area (Å²) in [5.41, 5.74) is 2.73. The molecule has 0 amide bonds. The van der Waals surface area contributed by atoms with Crippen molar-refractivity contribution in [2.24, 2.45) is 0 Å². The van der Waals surface area contributed by atoms with E-state index in [0.29, 0.717) is 11.1 Å². The fraction of sp³-hybridized carbons (Fsp3) is 0.350. The molecule has 2 aromatic heterocycles. The fourth-order valence-electron chi connectivity index (χ4n) is 3.13. The Kier molecular flexibility index (Phi) is 6.34. The van der Waals surface area contributed by atoms with E-state index in [9.17, 15) is 13.6 Å². The molecule has 0 unspecified atom stereocenters. The Bertz CT molecular complexity index is 1050. The summed E-state index contributed by atoms with van der Waals surface area (Å²) in [7, 11) is 1.33. The van der Waals surface area contributed by atoms with E-state index in [-0.39, 0.29) is 29.8 Å². The minimum absolute atomic E-state index is 0.0922. The highest BCUT2D eigenvalue weighted by Gasteiger charge is 2.19. The Morgan fingerprint density at radius 2 is 2.00 bits per heavy atom. The van der Waals surface area contributed by atoms with E-state index < -0.39 is 12.6 Å². The number of methoxy groups -OCH3 is 1. The van der Waals surface area contributed by atoms with Crippen molar-refractivity contribution >= 4 is 5.97 Å². The predicted octanol–water partition coefficient (Wildman–Crippen LogP) is 4.14. The summed E-state index contributed by atoms with van der Waals surface area (Å²) in [6.07, 6.45) is 0. The number of carbonyl (C=O) groups excluding carboxylic acids is 1. The van der Waals surface area contributed by atoms with Crippen LogP contribution in [0.5, 0.6) is 11.5 Å². The number of aryl methyl sites for hydroxylation is 1. The molecule has 3 aromatic rings. The smallest absolute Gasteiger partial charge is 0.387 e. The summed E-state index contributed by atoms with van der Waals surface area (Å²) in [6, 6.07) is 6.02. The van der Waals surface area contributed by atoms with Gasteiger partial charge >= 0.3 is 12.6 Å². The largest absolute Gasteiger partial charge is 0.493 e. The van der Waals surface area contributed by atoms with Gasteiger partial charge in [0.1, 0.15) is 0 Å². The Hall–Kier alpha value is -3.43. The highest BCUT2D eigenvalue weighted by atomic mass is 19.3. The van der Waals surface area contributed by atoms with Crippen LogP contribution in [-0.4, -0.2) is 34.4 Å². The summed E-state index contributed by atoms with van der Waals surface area (Å²) >= 11 is 0. The first-order chi connectivity index (χ1) is 14.3. The van der Waals surface area contributed by atoms with Crippen LogP contribution in [0.25, 0.3) is 11.4 Å². The molecule has 3 rings (SSSR count). The van der Waals surface area contributed by atoms with Crippen LogP contribution in [-0.2, 0) is 17.9 Å². The summed E-state index contributed by atoms with van der Waals surface area (Å²) in [4.78, 5) is 16.6. The van der Waals surface area contributed by atoms with E-state index in [2.05, 4.69) is 14.9 Å². The number of ether oxygens (including phenoxy) is 3. The van der Waals surface area contributed by atoms with Crippen molar-refractivity contribution < 1.29 is 32.3 Å². The van der Waals surface area contributed by atoms with Crippen LogP contribution in [0.1, 0.15) is 34.6 Å². The highest BCUT2D eigenvalue weighted by molar-refractivity contribution is 5.91. The van der Waals surface area contributed by atoms with Crippen LogP contribution in [0.4, 0.5) is 8.78 Å². The maximum Gasteiger partial charge on any atom is 0.387 e. The number of esters is 1. The second kappa shape index (κ2) is 8.93. The minimum Gasteiger partial charge on any atom is -0.493 e. The van der Waals surface area contributed by atoms with Gasteiger partial charge in [0.25, 0.3) is 5.89 Å². The lowest BCUT2D eigenvalue weighted by Crippen LogP contribution is -2.07. The van der Waals surface area contributed by atoms with E-state index in [1.54, 1.807) is 6.07 Å². The second-order valence-corrected chi connectivity index (χ2v) is 6.36. The monoisotopic (exact) mass is 421 g/mol. The van der Waals surface area contributed by atoms with Crippen LogP contribution in [0.3, 0.4) is 0 Å². The molecule has 0 saturated carbocycles. The number of carbonyl (C=O) groups is 1. The van der Waals surface area contributed by atoms with Crippen molar-refractivity contribution in [3.05, 3.63) is 47.1 Å². The van der Waals surface area contributed by atoms with E-state index in [4.69, 9.17) is 14.0 Å². The van der Waals surface area contributed by atoms with Crippen molar-refractivity contribution in [3.8, 4) is 22.9 Å². The van der Waals surface area contributed by atoms with Crippen LogP contribution in [0.15, 0.2) is 28.8 Å². The number of halogens is 2. The zero-order chi connectivity index (χ0) is 21.8. The lowest BCUT2D eigenvalue weighted by Gasteiger charge is -2.10. The van der Waals surface area contributed by atoms with Gasteiger partial charge in [-0.3, -0.25) is 0 Å². The molecular weight excluding hydrogens is 400 g/mol. The molecule has 30 heavy (non-hydrogen) atoms. The quantitative estimate of drug-likeness (QED) is 0.505. The molecular formula is C20H21F2N3O5. The van der Waals surface area contributed by atoms with Crippen LogP contribution in [0, 0.1) is 13.8 Å². The average Bonchev–Trinajstić information content (AvgIpc) is 3.30. The Balaban J connectivity index is 1.70. The number of rotatable bonds is 8. The standard InChI is InChI=1S/C20H21F2N3O5/c1-5-25-11(2)8-14(12(25)3)19(26)28-10-17-23-18(24-30-17)13-6-7-15(29-20(21)22)16(9-13)27-4/h6-9,20H,5,10H2,1-4H3. The Morgan fingerprint density at radius 3 is 2.63 bits per heavy atom. The minimum atomic E-state index is -2.97. The zero-order valence-electron chi connectivity index (χ0n) is 16.9. The number of hydrogen-bond donors (Lipinski definition) is 0. The first-order valence-electron chi connectivity index (χ1n) is 9.13. The molecule has 0 N–H and O–H groups in total. The van der Waals surface area contributed by atoms with Gasteiger partial charge in [-0.25, -0.2) is 4.79 Å². The molecule has 160 valence electrons. The van der Waals surface area contributed by atoms with Gasteiger partial charge in [-0.1, -0.05) is 5.16 Å². The molecule has 8 nitrogen and oxygen atoms in total. The predicted molar refractivity (Wildman–Crippen MR) is 102 cm³/mol. The first kappa shape index (κ1) is 21.3. The maximum absolute atomic E-state index is 12.4. The maximum atomic E-state index is 12.4. The Morgan fingerprint density at radius 1 is 1.23 bits per heavy atom. The Labute approximate surface area is 171 Å². The summed E-state index contributed by atoms with van der Waals surface area (Å²) in [5.74, 6) is -0.227. The van der Waals surface area contributed by atoms with Crippen molar-refractivity contribution in [2.75, 3.05) is 7.11 Å². The number of hydrogen-bond acceptors (Lipinski definition) is 7. The molecule has 1 aromatic carbocycles. The molecule has 0 fully saturated rings. The number of aromatic nitrogens is 3. The third-order valence-electron chi connectivity index (χ3n) is 4.54. The second-order valence-electron chi connectivity index (χ2n) is 6.36. The number of alkyl halides is 2. The van der Waals surface area contributed by atoms with Gasteiger partial charge < -0.3 is 23.3 Å². The molecule has 0 bridgehead atoms. The van der Waals surface area contributed by atoms with Gasteiger partial charge in [-0.15, -0.1) is 0 Å². The van der Waals surface area contributed by atoms with Crippen molar-refractivity contribution in [2.45, 2.75) is 40.5 Å². The molecule has 0 aliphatic heterocycles. The molecule has 0 spiro atoms. The molecule has 0 atom stereocenters. The normalized spacial score (nSPS) is 11.0. The highest BCUT2D eigenvalue weighted by Crippen LogP contribution is 2.32. The van der Waals surface area contributed by atoms with Crippen LogP contribution in [0.2, 0.25) is 0 Å². The van der Waals surface area contributed by atoms with Gasteiger partial charge in [0, 0.05) is 23.5 Å². The molecule has 0 aliphatic rings. The fourth-order valence-corrected chi connectivity index (χ4v) is 3.13. The van der Waals surface area contributed by atoms with Crippen LogP contribution < -0.4 is 9.47 Å². The summed E-state index contributed by atoms with van der Waals surface area (Å²) in [5, 5.41) is 3.83. The molecule has 0 radical (unpaired) electrons. The number of nitrogens with zero attached hydrogens (tertiary/aromatic N) is 3. The van der Waals surface area contributed by atoms with E-state index in [1.165, 1.54) is 25.3 Å². The van der Waals surface area contributed by atoms with Gasteiger partial charge in [-0.2, -0.15) is 13.8 Å². The summed E-state index contributed by atoms with van der Waals surface area (Å²) in [6.45, 7) is 3.35. The molecule has 0 aliphatic carbocycles. The third kappa shape index (κ3) is 4.42. The van der Waals surface area contributed by atoms with Crippen molar-refractivity contribution in [1.29, 1.82) is 0 Å². The van der Waals surface area contributed by atoms with Gasteiger partial charge in [0.15, 0.2) is 18.1 Å². The SMILES string of the molecule is CCn1c(C)cc(C(=O)OCc2nc(-c3ccc(OC(F)F)c(OC)c3)no2)c1C. The first-order valence-corrected chi connectivity index (χ1v) is 9.13. The summed E-state index contributed by atoms with van der Waals surface area (Å²) < 4.78 is 46.8. The van der Waals surface area contributed by atoms with Crippen molar-refractivity contribution in [1.82, 2.24) is 14.7 Å².